The normalized spacial score (nSPS) is 23.3. The minimum atomic E-state index is 0.474. The molecule has 2 aliphatic rings. The van der Waals surface area contributed by atoms with Gasteiger partial charge in [0.05, 0.1) is 0 Å². The summed E-state index contributed by atoms with van der Waals surface area (Å²) in [5.74, 6) is 2.20. The van der Waals surface area contributed by atoms with Crippen LogP contribution < -0.4 is 10.2 Å². The summed E-state index contributed by atoms with van der Waals surface area (Å²) >= 11 is 0. The number of anilines is 1. The highest BCUT2D eigenvalue weighted by atomic mass is 15.2. The number of aryl methyl sites for hydroxylation is 1. The Morgan fingerprint density at radius 2 is 1.88 bits per heavy atom. The molecule has 1 N–H and O–H groups in total. The van der Waals surface area contributed by atoms with E-state index in [4.69, 9.17) is 9.97 Å². The second kappa shape index (κ2) is 11.2. The first-order valence-electron chi connectivity index (χ1n) is 12.7. The first-order valence-corrected chi connectivity index (χ1v) is 12.7. The van der Waals surface area contributed by atoms with E-state index in [1.807, 2.05) is 0 Å². The number of piperidine rings is 2. The van der Waals surface area contributed by atoms with Crippen LogP contribution in [0.5, 0.6) is 0 Å². The molecule has 2 aromatic rings. The Labute approximate surface area is 194 Å². The molecule has 0 spiro atoms. The molecule has 0 saturated carbocycles. The summed E-state index contributed by atoms with van der Waals surface area (Å²) in [6.45, 7) is 10.2. The van der Waals surface area contributed by atoms with Gasteiger partial charge < -0.3 is 15.1 Å². The van der Waals surface area contributed by atoms with Crippen molar-refractivity contribution < 1.29 is 0 Å². The molecule has 5 heteroatoms. The average Bonchev–Trinajstić information content (AvgIpc) is 2.87. The van der Waals surface area contributed by atoms with E-state index in [1.165, 1.54) is 49.3 Å². The van der Waals surface area contributed by atoms with Crippen LogP contribution in [0.4, 0.5) is 5.82 Å². The Morgan fingerprint density at radius 3 is 2.72 bits per heavy atom. The number of rotatable bonds is 8. The first kappa shape index (κ1) is 23.2. The topological polar surface area (TPSA) is 44.3 Å². The summed E-state index contributed by atoms with van der Waals surface area (Å²) in [5.41, 5.74) is 3.74. The highest BCUT2D eigenvalue weighted by molar-refractivity contribution is 5.40. The largest absolute Gasteiger partial charge is 0.355 e. The van der Waals surface area contributed by atoms with Gasteiger partial charge >= 0.3 is 0 Å². The summed E-state index contributed by atoms with van der Waals surface area (Å²) < 4.78 is 0. The minimum Gasteiger partial charge on any atom is -0.355 e. The van der Waals surface area contributed by atoms with Gasteiger partial charge in [0.2, 0.25) is 0 Å². The van der Waals surface area contributed by atoms with Crippen molar-refractivity contribution in [3.8, 4) is 0 Å². The number of aromatic nitrogens is 2. The molecule has 0 bridgehead atoms. The molecule has 0 aromatic carbocycles. The zero-order valence-electron chi connectivity index (χ0n) is 20.3. The van der Waals surface area contributed by atoms with Crippen LogP contribution in [0, 0.1) is 0 Å². The number of likely N-dealkylation sites (N-methyl/N-ethyl adjacent to an activating group) is 1. The van der Waals surface area contributed by atoms with Crippen LogP contribution in [-0.2, 0) is 6.42 Å². The van der Waals surface area contributed by atoms with Gasteiger partial charge in [-0.15, -0.1) is 0 Å². The van der Waals surface area contributed by atoms with Crippen LogP contribution in [0.1, 0.15) is 74.9 Å². The summed E-state index contributed by atoms with van der Waals surface area (Å²) in [5, 5.41) is 3.44. The lowest BCUT2D eigenvalue weighted by atomic mass is 9.93. The molecule has 0 radical (unpaired) electrons. The Bertz CT molecular complexity index is 853. The van der Waals surface area contributed by atoms with Crippen molar-refractivity contribution in [1.29, 1.82) is 0 Å². The molecule has 4 rings (SSSR count). The monoisotopic (exact) mass is 435 g/mol. The molecule has 4 heterocycles. The predicted molar refractivity (Wildman–Crippen MR) is 134 cm³/mol. The van der Waals surface area contributed by atoms with E-state index >= 15 is 0 Å². The Morgan fingerprint density at radius 1 is 1.03 bits per heavy atom. The highest BCUT2D eigenvalue weighted by Gasteiger charge is 2.24. The van der Waals surface area contributed by atoms with Crippen molar-refractivity contribution >= 4 is 5.82 Å². The molecule has 2 aliphatic heterocycles. The second-order valence-corrected chi connectivity index (χ2v) is 9.73. The maximum absolute atomic E-state index is 5.08. The molecular weight excluding hydrogens is 394 g/mol. The molecule has 0 aliphatic carbocycles. The van der Waals surface area contributed by atoms with E-state index in [1.54, 1.807) is 0 Å². The summed E-state index contributed by atoms with van der Waals surface area (Å²) in [4.78, 5) is 15.1. The number of pyridine rings is 2. The number of hydrogen-bond acceptors (Lipinski definition) is 5. The lowest BCUT2D eigenvalue weighted by Gasteiger charge is -2.34. The fourth-order valence-corrected chi connectivity index (χ4v) is 5.26. The van der Waals surface area contributed by atoms with Gasteiger partial charge in [-0.25, -0.2) is 4.98 Å². The maximum Gasteiger partial charge on any atom is 0.128 e. The van der Waals surface area contributed by atoms with Gasteiger partial charge in [-0.2, -0.15) is 0 Å². The van der Waals surface area contributed by atoms with E-state index in [9.17, 15) is 0 Å². The predicted octanol–water partition coefficient (Wildman–Crippen LogP) is 4.60. The quantitative estimate of drug-likeness (QED) is 0.656. The SMILES string of the molecule is CCc1cccc(C2CCCN(CCC(C)c3cccc(N4CCC[C@H](NC)C4)n3)C2)n1. The third kappa shape index (κ3) is 5.87. The van der Waals surface area contributed by atoms with Gasteiger partial charge in [0.15, 0.2) is 0 Å². The molecule has 2 fully saturated rings. The summed E-state index contributed by atoms with van der Waals surface area (Å²) in [7, 11) is 2.07. The number of nitrogens with zero attached hydrogens (tertiary/aromatic N) is 4. The molecule has 2 unspecified atom stereocenters. The van der Waals surface area contributed by atoms with Crippen molar-refractivity contribution in [2.24, 2.45) is 0 Å². The van der Waals surface area contributed by atoms with Crippen LogP contribution in [0.25, 0.3) is 0 Å². The number of likely N-dealkylation sites (tertiary alicyclic amines) is 1. The molecule has 2 aromatic heterocycles. The average molecular weight is 436 g/mol. The van der Waals surface area contributed by atoms with Gasteiger partial charge in [0.25, 0.3) is 0 Å². The third-order valence-electron chi connectivity index (χ3n) is 7.41. The van der Waals surface area contributed by atoms with E-state index in [0.717, 1.165) is 44.8 Å². The fraction of sp³-hybridized carbons (Fsp3) is 0.630. The van der Waals surface area contributed by atoms with Gasteiger partial charge in [0, 0.05) is 48.7 Å². The molecule has 32 heavy (non-hydrogen) atoms. The summed E-state index contributed by atoms with van der Waals surface area (Å²) in [6.07, 6.45) is 7.20. The number of hydrogen-bond donors (Lipinski definition) is 1. The zero-order valence-corrected chi connectivity index (χ0v) is 20.3. The van der Waals surface area contributed by atoms with Gasteiger partial charge in [-0.05, 0) is 88.8 Å². The van der Waals surface area contributed by atoms with Crippen molar-refractivity contribution in [2.75, 3.05) is 44.7 Å². The molecule has 2 saturated heterocycles. The molecule has 3 atom stereocenters. The van der Waals surface area contributed by atoms with Crippen LogP contribution in [0.15, 0.2) is 36.4 Å². The van der Waals surface area contributed by atoms with Crippen molar-refractivity contribution in [1.82, 2.24) is 20.2 Å². The highest BCUT2D eigenvalue weighted by Crippen LogP contribution is 2.28. The van der Waals surface area contributed by atoms with Crippen molar-refractivity contribution in [3.05, 3.63) is 53.5 Å². The van der Waals surface area contributed by atoms with Crippen LogP contribution >= 0.6 is 0 Å². The second-order valence-electron chi connectivity index (χ2n) is 9.73. The Balaban J connectivity index is 1.32. The van der Waals surface area contributed by atoms with Crippen LogP contribution in [0.3, 0.4) is 0 Å². The molecule has 0 amide bonds. The van der Waals surface area contributed by atoms with Crippen molar-refractivity contribution in [3.63, 3.8) is 0 Å². The van der Waals surface area contributed by atoms with E-state index < -0.39 is 0 Å². The lowest BCUT2D eigenvalue weighted by Crippen LogP contribution is -2.44. The van der Waals surface area contributed by atoms with E-state index in [0.29, 0.717) is 17.9 Å². The van der Waals surface area contributed by atoms with E-state index in [-0.39, 0.29) is 0 Å². The number of nitrogens with one attached hydrogen (secondary N) is 1. The minimum absolute atomic E-state index is 0.474. The smallest absolute Gasteiger partial charge is 0.128 e. The molecule has 5 nitrogen and oxygen atoms in total. The Kier molecular flexibility index (Phi) is 8.15. The Hall–Kier alpha value is -1.98. The fourth-order valence-electron chi connectivity index (χ4n) is 5.26. The summed E-state index contributed by atoms with van der Waals surface area (Å²) in [6, 6.07) is 13.7. The first-order chi connectivity index (χ1) is 15.7. The standard InChI is InChI=1S/C27H41N5/c1-4-23-10-5-13-26(29-23)22-9-7-16-31(19-22)18-15-21(2)25-12-6-14-27(30-25)32-17-8-11-24(20-32)28-3/h5-6,10,12-14,21-22,24,28H,4,7-9,11,15-20H2,1-3H3/t21?,22?,24-/m0/s1. The lowest BCUT2D eigenvalue weighted by molar-refractivity contribution is 0.200. The molecular formula is C27H41N5. The van der Waals surface area contributed by atoms with Gasteiger partial charge in [-0.3, -0.25) is 4.98 Å². The maximum atomic E-state index is 5.08. The van der Waals surface area contributed by atoms with Crippen LogP contribution in [-0.4, -0.2) is 60.7 Å². The van der Waals surface area contributed by atoms with Gasteiger partial charge in [0.1, 0.15) is 5.82 Å². The third-order valence-corrected chi connectivity index (χ3v) is 7.41. The van der Waals surface area contributed by atoms with E-state index in [2.05, 4.69) is 72.4 Å². The molecule has 174 valence electrons. The van der Waals surface area contributed by atoms with Crippen LogP contribution in [0.2, 0.25) is 0 Å². The zero-order chi connectivity index (χ0) is 22.3. The van der Waals surface area contributed by atoms with Gasteiger partial charge in [-0.1, -0.05) is 26.0 Å². The van der Waals surface area contributed by atoms with Crippen molar-refractivity contribution in [2.45, 2.75) is 70.3 Å².